The van der Waals surface area contributed by atoms with Gasteiger partial charge in [0.15, 0.2) is 0 Å². The average Bonchev–Trinajstić information content (AvgIpc) is 3.69. The summed E-state index contributed by atoms with van der Waals surface area (Å²) in [5.74, 6) is -2.86. The molecule has 2 atom stereocenters. The standard InChI is InChI=1S/C30H24ClNO7S/c31-22-14-10-20(11-15-22)21-12-16-24(17-13-21)40(37,38)32(19-28(33)34)30(29(35)36)18-26(30)25-8-4-5-9-27(25)39-23-6-2-1-3-7-23/h1-17,26H,18-19H2,(H,33,34)(H,35,36)/t26-,30+/m0/s1. The fourth-order valence-electron chi connectivity index (χ4n) is 4.87. The Morgan fingerprint density at radius 1 is 0.850 bits per heavy atom. The monoisotopic (exact) mass is 577 g/mol. The van der Waals surface area contributed by atoms with Gasteiger partial charge >= 0.3 is 11.9 Å². The molecule has 204 valence electrons. The van der Waals surface area contributed by atoms with E-state index >= 15 is 0 Å². The van der Waals surface area contributed by atoms with Gasteiger partial charge in [0.05, 0.1) is 4.90 Å². The fraction of sp³-hybridized carbons (Fsp3) is 0.133. The van der Waals surface area contributed by atoms with Crippen molar-refractivity contribution in [2.24, 2.45) is 0 Å². The third-order valence-corrected chi connectivity index (χ3v) is 9.07. The highest BCUT2D eigenvalue weighted by Gasteiger charge is 2.69. The second-order valence-electron chi connectivity index (χ2n) is 9.38. The van der Waals surface area contributed by atoms with Crippen LogP contribution in [0.4, 0.5) is 0 Å². The number of carbonyl (C=O) groups is 2. The molecule has 0 aliphatic heterocycles. The molecule has 1 aliphatic carbocycles. The molecular formula is C30H24ClNO7S. The van der Waals surface area contributed by atoms with E-state index in [1.54, 1.807) is 84.9 Å². The molecule has 40 heavy (non-hydrogen) atoms. The summed E-state index contributed by atoms with van der Waals surface area (Å²) in [7, 11) is -4.54. The van der Waals surface area contributed by atoms with Crippen molar-refractivity contribution in [3.05, 3.63) is 114 Å². The summed E-state index contributed by atoms with van der Waals surface area (Å²) in [4.78, 5) is 24.4. The van der Waals surface area contributed by atoms with Crippen molar-refractivity contribution in [3.8, 4) is 22.6 Å². The van der Waals surface area contributed by atoms with E-state index in [1.165, 1.54) is 12.1 Å². The van der Waals surface area contributed by atoms with E-state index in [4.69, 9.17) is 16.3 Å². The van der Waals surface area contributed by atoms with Crippen LogP contribution in [0, 0.1) is 0 Å². The molecule has 2 N–H and O–H groups in total. The maximum absolute atomic E-state index is 13.9. The molecule has 4 aromatic rings. The first kappa shape index (κ1) is 27.4. The van der Waals surface area contributed by atoms with Gasteiger partial charge < -0.3 is 14.9 Å². The predicted molar refractivity (Wildman–Crippen MR) is 149 cm³/mol. The number of para-hydroxylation sites is 2. The Morgan fingerprint density at radius 3 is 2.02 bits per heavy atom. The van der Waals surface area contributed by atoms with Gasteiger partial charge in [-0.2, -0.15) is 4.31 Å². The van der Waals surface area contributed by atoms with Crippen molar-refractivity contribution >= 4 is 33.6 Å². The maximum Gasteiger partial charge on any atom is 0.325 e. The largest absolute Gasteiger partial charge is 0.480 e. The number of benzene rings is 4. The van der Waals surface area contributed by atoms with Crippen molar-refractivity contribution in [3.63, 3.8) is 0 Å². The molecule has 4 aromatic carbocycles. The third kappa shape index (κ3) is 5.19. The van der Waals surface area contributed by atoms with Crippen LogP contribution >= 0.6 is 11.6 Å². The van der Waals surface area contributed by atoms with E-state index in [-0.39, 0.29) is 11.3 Å². The number of hydrogen-bond donors (Lipinski definition) is 2. The summed E-state index contributed by atoms with van der Waals surface area (Å²) < 4.78 is 34.3. The number of halogens is 1. The average molecular weight is 578 g/mol. The van der Waals surface area contributed by atoms with Gasteiger partial charge in [0.2, 0.25) is 10.0 Å². The van der Waals surface area contributed by atoms with Gasteiger partial charge in [-0.25, -0.2) is 8.42 Å². The Kier molecular flexibility index (Phi) is 7.37. The van der Waals surface area contributed by atoms with Crippen LogP contribution in [0.1, 0.15) is 17.9 Å². The molecule has 1 fully saturated rings. The third-order valence-electron chi connectivity index (χ3n) is 6.91. The summed E-state index contributed by atoms with van der Waals surface area (Å²) in [5, 5.41) is 20.6. The van der Waals surface area contributed by atoms with E-state index in [2.05, 4.69) is 0 Å². The quantitative estimate of drug-likeness (QED) is 0.241. The van der Waals surface area contributed by atoms with Gasteiger partial charge in [0, 0.05) is 16.5 Å². The van der Waals surface area contributed by atoms with Gasteiger partial charge in [-0.3, -0.25) is 9.59 Å². The van der Waals surface area contributed by atoms with Gasteiger partial charge in [-0.1, -0.05) is 72.3 Å². The van der Waals surface area contributed by atoms with Crippen LogP contribution in [0.3, 0.4) is 0 Å². The number of aliphatic carboxylic acids is 2. The first-order valence-corrected chi connectivity index (χ1v) is 14.1. The van der Waals surface area contributed by atoms with Crippen molar-refractivity contribution < 1.29 is 33.0 Å². The van der Waals surface area contributed by atoms with Crippen molar-refractivity contribution in [1.29, 1.82) is 0 Å². The van der Waals surface area contributed by atoms with Gasteiger partial charge in [0.1, 0.15) is 23.6 Å². The number of hydrogen-bond acceptors (Lipinski definition) is 5. The van der Waals surface area contributed by atoms with Crippen LogP contribution in [0.5, 0.6) is 11.5 Å². The molecule has 1 aliphatic rings. The Balaban J connectivity index is 1.52. The van der Waals surface area contributed by atoms with E-state index in [1.807, 2.05) is 6.07 Å². The lowest BCUT2D eigenvalue weighted by atomic mass is 10.0. The van der Waals surface area contributed by atoms with Crippen LogP contribution in [0.25, 0.3) is 11.1 Å². The Bertz CT molecular complexity index is 1660. The van der Waals surface area contributed by atoms with Crippen molar-refractivity contribution in [2.75, 3.05) is 6.54 Å². The summed E-state index contributed by atoms with van der Waals surface area (Å²) in [5.41, 5.74) is -0.0283. The second kappa shape index (κ2) is 10.8. The molecule has 0 radical (unpaired) electrons. The fourth-order valence-corrected chi connectivity index (χ4v) is 6.72. The first-order chi connectivity index (χ1) is 19.1. The van der Waals surface area contributed by atoms with Crippen LogP contribution < -0.4 is 4.74 Å². The van der Waals surface area contributed by atoms with Crippen molar-refractivity contribution in [1.82, 2.24) is 4.31 Å². The lowest BCUT2D eigenvalue weighted by molar-refractivity contribution is -0.145. The Morgan fingerprint density at radius 2 is 1.43 bits per heavy atom. The molecule has 0 spiro atoms. The van der Waals surface area contributed by atoms with Crippen LogP contribution in [0.2, 0.25) is 5.02 Å². The summed E-state index contributed by atoms with van der Waals surface area (Å²) in [6, 6.07) is 28.5. The van der Waals surface area contributed by atoms with Gasteiger partial charge in [0.25, 0.3) is 0 Å². The highest BCUT2D eigenvalue weighted by atomic mass is 35.5. The predicted octanol–water partition coefficient (Wildman–Crippen LogP) is 5.89. The van der Waals surface area contributed by atoms with Gasteiger partial charge in [-0.05, 0) is 60.0 Å². The zero-order valence-corrected chi connectivity index (χ0v) is 22.5. The Labute approximate surface area is 236 Å². The van der Waals surface area contributed by atoms with Crippen LogP contribution in [0.15, 0.2) is 108 Å². The number of carboxylic acid groups (broad SMARTS) is 2. The van der Waals surface area contributed by atoms with Crippen LogP contribution in [-0.2, 0) is 19.6 Å². The SMILES string of the molecule is O=C(O)CN([C@]1(C(=O)O)C[C@H]1c1ccccc1Oc1ccccc1)S(=O)(=O)c1ccc(-c2ccc(Cl)cc2)cc1. The number of nitrogens with zero attached hydrogens (tertiary/aromatic N) is 1. The lowest BCUT2D eigenvalue weighted by Gasteiger charge is -2.28. The topological polar surface area (TPSA) is 121 Å². The number of ether oxygens (including phenoxy) is 1. The minimum Gasteiger partial charge on any atom is -0.480 e. The zero-order chi connectivity index (χ0) is 28.5. The van der Waals surface area contributed by atoms with E-state index < -0.39 is 40.0 Å². The number of carboxylic acids is 2. The molecule has 0 bridgehead atoms. The normalized spacial score (nSPS) is 18.3. The van der Waals surface area contributed by atoms with E-state index in [0.717, 1.165) is 5.56 Å². The molecule has 8 nitrogen and oxygen atoms in total. The molecule has 0 unspecified atom stereocenters. The maximum atomic E-state index is 13.9. The van der Waals surface area contributed by atoms with Crippen molar-refractivity contribution in [2.45, 2.75) is 22.8 Å². The minimum absolute atomic E-state index is 0.118. The highest BCUT2D eigenvalue weighted by molar-refractivity contribution is 7.89. The van der Waals surface area contributed by atoms with E-state index in [9.17, 15) is 28.2 Å². The lowest BCUT2D eigenvalue weighted by Crippen LogP contribution is -2.50. The number of rotatable bonds is 10. The van der Waals surface area contributed by atoms with Gasteiger partial charge in [-0.15, -0.1) is 0 Å². The molecule has 0 saturated heterocycles. The minimum atomic E-state index is -4.54. The second-order valence-corrected chi connectivity index (χ2v) is 11.7. The Hall–Kier alpha value is -4.18. The summed E-state index contributed by atoms with van der Waals surface area (Å²) in [6.07, 6.45) is -0.118. The zero-order valence-electron chi connectivity index (χ0n) is 21.0. The summed E-state index contributed by atoms with van der Waals surface area (Å²) in [6.45, 7) is -1.02. The molecular weight excluding hydrogens is 554 g/mol. The molecule has 1 saturated carbocycles. The molecule has 0 aromatic heterocycles. The van der Waals surface area contributed by atoms with Crippen LogP contribution in [-0.4, -0.2) is 47.0 Å². The smallest absolute Gasteiger partial charge is 0.325 e. The molecule has 10 heteroatoms. The molecule has 5 rings (SSSR count). The molecule has 0 amide bonds. The number of sulfonamides is 1. The molecule has 0 heterocycles. The summed E-state index contributed by atoms with van der Waals surface area (Å²) >= 11 is 5.95. The van der Waals surface area contributed by atoms with E-state index in [0.29, 0.717) is 32.0 Å². The highest BCUT2D eigenvalue weighted by Crippen LogP contribution is 2.59. The first-order valence-electron chi connectivity index (χ1n) is 12.3.